The first-order valence-electron chi connectivity index (χ1n) is 6.11. The molecule has 17 heavy (non-hydrogen) atoms. The molecule has 0 radical (unpaired) electrons. The van der Waals surface area contributed by atoms with Crippen LogP contribution in [-0.2, 0) is 16.0 Å². The van der Waals surface area contributed by atoms with Gasteiger partial charge in [0.15, 0.2) is 0 Å². The number of hydrogen-bond donors (Lipinski definition) is 0. The van der Waals surface area contributed by atoms with Crippen LogP contribution < -0.4 is 4.74 Å². The lowest BCUT2D eigenvalue weighted by molar-refractivity contribution is -0.144. The Bertz CT molecular complexity index is 383. The van der Waals surface area contributed by atoms with Crippen molar-refractivity contribution in [3.05, 3.63) is 29.8 Å². The maximum atomic E-state index is 11.2. The number of benzene rings is 1. The summed E-state index contributed by atoms with van der Waals surface area (Å²) in [6.45, 7) is 4.45. The van der Waals surface area contributed by atoms with Crippen molar-refractivity contribution in [2.75, 3.05) is 6.61 Å². The Labute approximate surface area is 102 Å². The number of esters is 1. The first-order chi connectivity index (χ1) is 8.19. The number of hydrogen-bond acceptors (Lipinski definition) is 3. The first-order valence-corrected chi connectivity index (χ1v) is 6.11. The van der Waals surface area contributed by atoms with Crippen LogP contribution in [0.25, 0.3) is 0 Å². The molecule has 1 aliphatic rings. The predicted molar refractivity (Wildman–Crippen MR) is 65.0 cm³/mol. The highest BCUT2D eigenvalue weighted by atomic mass is 16.6. The Hall–Kier alpha value is -1.51. The van der Waals surface area contributed by atoms with E-state index in [1.165, 1.54) is 5.56 Å². The van der Waals surface area contributed by atoms with Gasteiger partial charge in [-0.05, 0) is 24.1 Å². The van der Waals surface area contributed by atoms with Crippen LogP contribution in [0.15, 0.2) is 24.3 Å². The smallest absolute Gasteiger partial charge is 0.309 e. The van der Waals surface area contributed by atoms with Crippen molar-refractivity contribution >= 4 is 5.97 Å². The Kier molecular flexibility index (Phi) is 3.67. The fraction of sp³-hybridized carbons (Fsp3) is 0.500. The van der Waals surface area contributed by atoms with Crippen LogP contribution in [0.1, 0.15) is 25.8 Å². The Balaban J connectivity index is 1.83. The maximum Gasteiger partial charge on any atom is 0.309 e. The number of rotatable bonds is 4. The van der Waals surface area contributed by atoms with Crippen LogP contribution >= 0.6 is 0 Å². The molecule has 1 aromatic rings. The topological polar surface area (TPSA) is 35.5 Å². The zero-order valence-electron chi connectivity index (χ0n) is 10.3. The van der Waals surface area contributed by atoms with E-state index in [2.05, 4.69) is 19.1 Å². The summed E-state index contributed by atoms with van der Waals surface area (Å²) in [5.41, 5.74) is 1.29. The third-order valence-corrected chi connectivity index (χ3v) is 3.07. The monoisotopic (exact) mass is 234 g/mol. The molecule has 3 heteroatoms. The molecular formula is C14H18O3. The Morgan fingerprint density at radius 1 is 1.35 bits per heavy atom. The average molecular weight is 234 g/mol. The molecule has 0 saturated carbocycles. The lowest BCUT2D eigenvalue weighted by atomic mass is 10.1. The third-order valence-electron chi connectivity index (χ3n) is 3.07. The van der Waals surface area contributed by atoms with Gasteiger partial charge < -0.3 is 9.47 Å². The van der Waals surface area contributed by atoms with Gasteiger partial charge in [-0.2, -0.15) is 0 Å². The Morgan fingerprint density at radius 2 is 2.06 bits per heavy atom. The van der Waals surface area contributed by atoms with E-state index in [-0.39, 0.29) is 18.0 Å². The van der Waals surface area contributed by atoms with E-state index in [0.29, 0.717) is 6.61 Å². The molecule has 2 atom stereocenters. The van der Waals surface area contributed by atoms with Crippen LogP contribution in [0.2, 0.25) is 0 Å². The number of carbonyl (C=O) groups is 1. The highest BCUT2D eigenvalue weighted by Gasteiger charge is 2.31. The van der Waals surface area contributed by atoms with E-state index in [9.17, 15) is 4.79 Å². The van der Waals surface area contributed by atoms with Gasteiger partial charge in [0.1, 0.15) is 18.5 Å². The van der Waals surface area contributed by atoms with Crippen molar-refractivity contribution in [2.45, 2.75) is 32.8 Å². The van der Waals surface area contributed by atoms with Crippen LogP contribution in [0, 0.1) is 5.92 Å². The summed E-state index contributed by atoms with van der Waals surface area (Å²) in [5, 5.41) is 0. The van der Waals surface area contributed by atoms with Crippen LogP contribution in [0.3, 0.4) is 0 Å². The van der Waals surface area contributed by atoms with E-state index in [0.717, 1.165) is 18.6 Å². The molecule has 1 aliphatic heterocycles. The minimum Gasteiger partial charge on any atom is -0.490 e. The largest absolute Gasteiger partial charge is 0.490 e. The van der Waals surface area contributed by atoms with Crippen molar-refractivity contribution in [1.82, 2.24) is 0 Å². The van der Waals surface area contributed by atoms with Crippen molar-refractivity contribution in [2.24, 2.45) is 5.92 Å². The van der Waals surface area contributed by atoms with Gasteiger partial charge in [0.2, 0.25) is 0 Å². The molecule has 0 spiro atoms. The van der Waals surface area contributed by atoms with E-state index in [1.807, 2.05) is 19.1 Å². The number of carbonyl (C=O) groups excluding carboxylic acids is 1. The molecule has 0 N–H and O–H groups in total. The Morgan fingerprint density at radius 3 is 2.59 bits per heavy atom. The fourth-order valence-electron chi connectivity index (χ4n) is 1.93. The zero-order valence-corrected chi connectivity index (χ0v) is 10.3. The van der Waals surface area contributed by atoms with Crippen molar-refractivity contribution < 1.29 is 14.3 Å². The van der Waals surface area contributed by atoms with Crippen molar-refractivity contribution in [3.8, 4) is 5.75 Å². The van der Waals surface area contributed by atoms with Gasteiger partial charge in [-0.15, -0.1) is 0 Å². The maximum absolute atomic E-state index is 11.2. The molecule has 2 unspecified atom stereocenters. The van der Waals surface area contributed by atoms with Gasteiger partial charge in [0, 0.05) is 6.42 Å². The minimum absolute atomic E-state index is 0.00562. The second kappa shape index (κ2) is 5.21. The molecule has 2 rings (SSSR count). The summed E-state index contributed by atoms with van der Waals surface area (Å²) in [6.07, 6.45) is 1.69. The third kappa shape index (κ3) is 2.99. The SMILES string of the molecule is CCc1ccc(OCC2CC(C)C(=O)O2)cc1. The summed E-state index contributed by atoms with van der Waals surface area (Å²) in [7, 11) is 0. The quantitative estimate of drug-likeness (QED) is 0.751. The highest BCUT2D eigenvalue weighted by Crippen LogP contribution is 2.21. The molecule has 1 aromatic carbocycles. The van der Waals surface area contributed by atoms with E-state index >= 15 is 0 Å². The van der Waals surface area contributed by atoms with Gasteiger partial charge in [0.05, 0.1) is 5.92 Å². The number of cyclic esters (lactones) is 1. The summed E-state index contributed by atoms with van der Waals surface area (Å²) in [4.78, 5) is 11.2. The first kappa shape index (κ1) is 12.0. The van der Waals surface area contributed by atoms with E-state index < -0.39 is 0 Å². The summed E-state index contributed by atoms with van der Waals surface area (Å²) >= 11 is 0. The average Bonchev–Trinajstić information content (AvgIpc) is 2.67. The standard InChI is InChI=1S/C14H18O3/c1-3-11-4-6-12(7-5-11)16-9-13-8-10(2)14(15)17-13/h4-7,10,13H,3,8-9H2,1-2H3. The minimum atomic E-state index is -0.111. The highest BCUT2D eigenvalue weighted by molar-refractivity contribution is 5.74. The zero-order chi connectivity index (χ0) is 12.3. The van der Waals surface area contributed by atoms with Gasteiger partial charge >= 0.3 is 5.97 Å². The fourth-order valence-corrected chi connectivity index (χ4v) is 1.93. The lowest BCUT2D eigenvalue weighted by Crippen LogP contribution is -2.17. The van der Waals surface area contributed by atoms with Gasteiger partial charge in [-0.3, -0.25) is 4.79 Å². The van der Waals surface area contributed by atoms with Gasteiger partial charge in [-0.1, -0.05) is 26.0 Å². The summed E-state index contributed by atoms with van der Waals surface area (Å²) in [5.74, 6) is 0.726. The summed E-state index contributed by atoms with van der Waals surface area (Å²) < 4.78 is 10.8. The number of ether oxygens (including phenoxy) is 2. The number of aryl methyl sites for hydroxylation is 1. The molecule has 1 heterocycles. The second-order valence-corrected chi connectivity index (χ2v) is 4.50. The lowest BCUT2D eigenvalue weighted by Gasteiger charge is -2.11. The van der Waals surface area contributed by atoms with Crippen LogP contribution in [-0.4, -0.2) is 18.7 Å². The van der Waals surface area contributed by atoms with E-state index in [1.54, 1.807) is 0 Å². The van der Waals surface area contributed by atoms with Crippen LogP contribution in [0.5, 0.6) is 5.75 Å². The molecule has 3 nitrogen and oxygen atoms in total. The molecule has 1 saturated heterocycles. The molecular weight excluding hydrogens is 216 g/mol. The molecule has 0 aliphatic carbocycles. The summed E-state index contributed by atoms with van der Waals surface area (Å²) in [6, 6.07) is 8.02. The molecule has 0 bridgehead atoms. The predicted octanol–water partition coefficient (Wildman–Crippen LogP) is 2.58. The van der Waals surface area contributed by atoms with Crippen LogP contribution in [0.4, 0.5) is 0 Å². The van der Waals surface area contributed by atoms with Gasteiger partial charge in [0.25, 0.3) is 0 Å². The van der Waals surface area contributed by atoms with Crippen molar-refractivity contribution in [3.63, 3.8) is 0 Å². The van der Waals surface area contributed by atoms with Crippen molar-refractivity contribution in [1.29, 1.82) is 0 Å². The van der Waals surface area contributed by atoms with Gasteiger partial charge in [-0.25, -0.2) is 0 Å². The molecule has 92 valence electrons. The molecule has 0 amide bonds. The normalized spacial score (nSPS) is 23.5. The molecule has 0 aromatic heterocycles. The second-order valence-electron chi connectivity index (χ2n) is 4.50. The molecule has 1 fully saturated rings. The van der Waals surface area contributed by atoms with E-state index in [4.69, 9.17) is 9.47 Å².